The minimum atomic E-state index is 0.0585. The number of pyridine rings is 1. The fourth-order valence-corrected chi connectivity index (χ4v) is 1.42. The Morgan fingerprint density at radius 3 is 2.69 bits per heavy atom. The molecule has 0 radical (unpaired) electrons. The van der Waals surface area contributed by atoms with Crippen molar-refractivity contribution in [1.82, 2.24) is 14.8 Å². The normalized spacial score (nSPS) is 10.4. The quantitative estimate of drug-likeness (QED) is 0.737. The third-order valence-corrected chi connectivity index (χ3v) is 2.33. The van der Waals surface area contributed by atoms with Crippen molar-refractivity contribution in [2.45, 2.75) is 20.3 Å². The first-order chi connectivity index (χ1) is 7.70. The molecule has 4 nitrogen and oxygen atoms in total. The summed E-state index contributed by atoms with van der Waals surface area (Å²) in [5.41, 5.74) is 2.46. The van der Waals surface area contributed by atoms with Crippen molar-refractivity contribution < 1.29 is 4.79 Å². The van der Waals surface area contributed by atoms with Crippen molar-refractivity contribution in [2.75, 3.05) is 0 Å². The van der Waals surface area contributed by atoms with Gasteiger partial charge in [-0.05, 0) is 24.6 Å². The van der Waals surface area contributed by atoms with Gasteiger partial charge in [-0.2, -0.15) is 5.10 Å². The van der Waals surface area contributed by atoms with Gasteiger partial charge in [-0.15, -0.1) is 0 Å². The Labute approximate surface area is 93.9 Å². The predicted octanol–water partition coefficient (Wildman–Crippen LogP) is 2.17. The van der Waals surface area contributed by atoms with Gasteiger partial charge in [-0.25, -0.2) is 4.68 Å². The smallest absolute Gasteiger partial charge is 0.180 e. The summed E-state index contributed by atoms with van der Waals surface area (Å²) >= 11 is 0. The summed E-state index contributed by atoms with van der Waals surface area (Å²) in [5, 5.41) is 4.17. The number of nitrogens with zero attached hydrogens (tertiary/aromatic N) is 3. The minimum absolute atomic E-state index is 0.0585. The molecule has 0 aliphatic rings. The number of aromatic nitrogens is 3. The van der Waals surface area contributed by atoms with E-state index in [9.17, 15) is 4.79 Å². The van der Waals surface area contributed by atoms with Gasteiger partial charge < -0.3 is 0 Å². The summed E-state index contributed by atoms with van der Waals surface area (Å²) in [6, 6.07) is 3.58. The molecule has 0 amide bonds. The topological polar surface area (TPSA) is 47.8 Å². The highest BCUT2D eigenvalue weighted by molar-refractivity contribution is 5.93. The van der Waals surface area contributed by atoms with Gasteiger partial charge in [-0.3, -0.25) is 9.78 Å². The monoisotopic (exact) mass is 215 g/mol. The zero-order valence-electron chi connectivity index (χ0n) is 9.34. The van der Waals surface area contributed by atoms with Gasteiger partial charge in [0.15, 0.2) is 5.78 Å². The van der Waals surface area contributed by atoms with Crippen LogP contribution in [0.25, 0.3) is 5.69 Å². The number of hydrogen-bond donors (Lipinski definition) is 0. The summed E-state index contributed by atoms with van der Waals surface area (Å²) in [6.07, 6.45) is 5.84. The summed E-state index contributed by atoms with van der Waals surface area (Å²) in [7, 11) is 0. The highest BCUT2D eigenvalue weighted by Crippen LogP contribution is 2.08. The second kappa shape index (κ2) is 4.26. The molecule has 0 aliphatic carbocycles. The molecule has 0 N–H and O–H groups in total. The number of ketones is 1. The van der Waals surface area contributed by atoms with Crippen LogP contribution in [0.5, 0.6) is 0 Å². The Hall–Kier alpha value is -1.97. The molecule has 2 aromatic rings. The van der Waals surface area contributed by atoms with E-state index >= 15 is 0 Å². The molecule has 2 aromatic heterocycles. The largest absolute Gasteiger partial charge is 0.292 e. The lowest BCUT2D eigenvalue weighted by molar-refractivity contribution is 0.0983. The number of aryl methyl sites for hydroxylation is 1. The van der Waals surface area contributed by atoms with E-state index < -0.39 is 0 Å². The fourth-order valence-electron chi connectivity index (χ4n) is 1.42. The second-order valence-electron chi connectivity index (χ2n) is 3.64. The van der Waals surface area contributed by atoms with E-state index in [1.54, 1.807) is 23.1 Å². The number of carbonyl (C=O) groups is 1. The lowest BCUT2D eigenvalue weighted by atomic mass is 10.2. The zero-order chi connectivity index (χ0) is 11.5. The molecular formula is C12H13N3O. The Balaban J connectivity index is 2.29. The highest BCUT2D eigenvalue weighted by atomic mass is 16.1. The molecule has 0 fully saturated rings. The first-order valence-corrected chi connectivity index (χ1v) is 5.21. The Kier molecular flexibility index (Phi) is 2.81. The maximum absolute atomic E-state index is 11.4. The van der Waals surface area contributed by atoms with Crippen LogP contribution in [0.4, 0.5) is 0 Å². The minimum Gasteiger partial charge on any atom is -0.292 e. The van der Waals surface area contributed by atoms with Gasteiger partial charge in [0.1, 0.15) is 5.69 Å². The average molecular weight is 215 g/mol. The lowest BCUT2D eigenvalue weighted by Gasteiger charge is -2.01. The van der Waals surface area contributed by atoms with Gasteiger partial charge in [-0.1, -0.05) is 6.92 Å². The van der Waals surface area contributed by atoms with Gasteiger partial charge >= 0.3 is 0 Å². The van der Waals surface area contributed by atoms with Crippen molar-refractivity contribution >= 4 is 5.78 Å². The number of rotatable bonds is 3. The Morgan fingerprint density at radius 1 is 1.38 bits per heavy atom. The predicted molar refractivity (Wildman–Crippen MR) is 60.7 cm³/mol. The number of carbonyl (C=O) groups excluding carboxylic acids is 1. The van der Waals surface area contributed by atoms with E-state index in [1.165, 1.54) is 0 Å². The van der Waals surface area contributed by atoms with Crippen molar-refractivity contribution in [3.63, 3.8) is 0 Å². The SMILES string of the molecule is CCC(=O)c1ccc(-n2cc(C)cn2)cn1. The van der Waals surface area contributed by atoms with Crippen LogP contribution in [0, 0.1) is 6.92 Å². The molecule has 0 bridgehead atoms. The van der Waals surface area contributed by atoms with Gasteiger partial charge in [0, 0.05) is 12.6 Å². The van der Waals surface area contributed by atoms with Crippen LogP contribution in [0.15, 0.2) is 30.7 Å². The van der Waals surface area contributed by atoms with Crippen LogP contribution in [-0.2, 0) is 0 Å². The van der Waals surface area contributed by atoms with E-state index in [2.05, 4.69) is 10.1 Å². The maximum Gasteiger partial charge on any atom is 0.180 e. The lowest BCUT2D eigenvalue weighted by Crippen LogP contribution is -2.02. The summed E-state index contributed by atoms with van der Waals surface area (Å²) < 4.78 is 1.74. The summed E-state index contributed by atoms with van der Waals surface area (Å²) in [6.45, 7) is 3.81. The molecule has 4 heteroatoms. The molecular weight excluding hydrogens is 202 g/mol. The molecule has 0 aromatic carbocycles. The van der Waals surface area contributed by atoms with E-state index in [1.807, 2.05) is 26.1 Å². The van der Waals surface area contributed by atoms with Gasteiger partial charge in [0.2, 0.25) is 0 Å². The zero-order valence-corrected chi connectivity index (χ0v) is 9.34. The first kappa shape index (κ1) is 10.5. The third kappa shape index (κ3) is 2.00. The second-order valence-corrected chi connectivity index (χ2v) is 3.64. The van der Waals surface area contributed by atoms with Crippen LogP contribution < -0.4 is 0 Å². The van der Waals surface area contributed by atoms with E-state index in [4.69, 9.17) is 0 Å². The van der Waals surface area contributed by atoms with Crippen LogP contribution in [0.1, 0.15) is 29.4 Å². The summed E-state index contributed by atoms with van der Waals surface area (Å²) in [5.74, 6) is 0.0585. The van der Waals surface area contributed by atoms with Crippen molar-refractivity contribution in [2.24, 2.45) is 0 Å². The maximum atomic E-state index is 11.4. The van der Waals surface area contributed by atoms with E-state index in [0.717, 1.165) is 11.3 Å². The molecule has 0 atom stereocenters. The fraction of sp³-hybridized carbons (Fsp3) is 0.250. The molecule has 2 heterocycles. The van der Waals surface area contributed by atoms with Crippen LogP contribution in [-0.4, -0.2) is 20.5 Å². The van der Waals surface area contributed by atoms with Gasteiger partial charge in [0.05, 0.1) is 18.1 Å². The molecule has 0 spiro atoms. The average Bonchev–Trinajstić information content (AvgIpc) is 2.75. The molecule has 2 rings (SSSR count). The van der Waals surface area contributed by atoms with Gasteiger partial charge in [0.25, 0.3) is 0 Å². The van der Waals surface area contributed by atoms with Crippen molar-refractivity contribution in [3.8, 4) is 5.69 Å². The molecule has 0 saturated heterocycles. The standard InChI is InChI=1S/C12H13N3O/c1-3-12(16)11-5-4-10(7-13-11)15-8-9(2)6-14-15/h4-8H,3H2,1-2H3. The first-order valence-electron chi connectivity index (χ1n) is 5.21. The van der Waals surface area contributed by atoms with E-state index in [0.29, 0.717) is 12.1 Å². The third-order valence-electron chi connectivity index (χ3n) is 2.33. The van der Waals surface area contributed by atoms with Crippen LogP contribution in [0.3, 0.4) is 0 Å². The Bertz CT molecular complexity index is 499. The van der Waals surface area contributed by atoms with Crippen LogP contribution in [0.2, 0.25) is 0 Å². The van der Waals surface area contributed by atoms with E-state index in [-0.39, 0.29) is 5.78 Å². The molecule has 0 aliphatic heterocycles. The molecule has 16 heavy (non-hydrogen) atoms. The molecule has 82 valence electrons. The molecule has 0 saturated carbocycles. The Morgan fingerprint density at radius 2 is 2.19 bits per heavy atom. The van der Waals surface area contributed by atoms with Crippen LogP contribution >= 0.6 is 0 Å². The highest BCUT2D eigenvalue weighted by Gasteiger charge is 2.05. The summed E-state index contributed by atoms with van der Waals surface area (Å²) in [4.78, 5) is 15.5. The van der Waals surface area contributed by atoms with Crippen molar-refractivity contribution in [3.05, 3.63) is 42.0 Å². The molecule has 0 unspecified atom stereocenters. The number of hydrogen-bond acceptors (Lipinski definition) is 3. The van der Waals surface area contributed by atoms with Crippen molar-refractivity contribution in [1.29, 1.82) is 0 Å². The number of Topliss-reactive ketones (excluding diaryl/α,β-unsaturated/α-hetero) is 1.